The summed E-state index contributed by atoms with van der Waals surface area (Å²) in [4.78, 5) is 16.1. The lowest BCUT2D eigenvalue weighted by Crippen LogP contribution is -2.48. The molecule has 0 bridgehead atoms. The number of hydrogen-bond donors (Lipinski definition) is 0. The van der Waals surface area contributed by atoms with E-state index in [1.807, 2.05) is 29.2 Å². The van der Waals surface area contributed by atoms with Crippen molar-refractivity contribution in [2.75, 3.05) is 32.8 Å². The van der Waals surface area contributed by atoms with Crippen molar-refractivity contribution in [2.45, 2.75) is 31.9 Å². The van der Waals surface area contributed by atoms with Crippen LogP contribution in [0.1, 0.15) is 31.4 Å². The molecule has 1 aromatic carbocycles. The maximum Gasteiger partial charge on any atom is 0.222 e. The minimum Gasteiger partial charge on any atom is -0.371 e. The molecule has 22 heavy (non-hydrogen) atoms. The number of rotatable bonds is 4. The van der Waals surface area contributed by atoms with E-state index >= 15 is 0 Å². The molecule has 2 heterocycles. The third kappa shape index (κ3) is 3.45. The number of morpholine rings is 1. The van der Waals surface area contributed by atoms with Crippen molar-refractivity contribution >= 4 is 17.5 Å². The molecule has 4 nitrogen and oxygen atoms in total. The highest BCUT2D eigenvalue weighted by Crippen LogP contribution is 2.29. The van der Waals surface area contributed by atoms with Gasteiger partial charge in [0.05, 0.1) is 12.7 Å². The van der Waals surface area contributed by atoms with Gasteiger partial charge >= 0.3 is 0 Å². The fraction of sp³-hybridized carbons (Fsp3) is 0.588. The van der Waals surface area contributed by atoms with Gasteiger partial charge in [-0.1, -0.05) is 29.8 Å². The molecule has 0 spiro atoms. The summed E-state index contributed by atoms with van der Waals surface area (Å²) in [7, 11) is 0. The van der Waals surface area contributed by atoms with Crippen LogP contribution in [0.3, 0.4) is 0 Å². The van der Waals surface area contributed by atoms with Gasteiger partial charge in [-0.15, -0.1) is 0 Å². The molecule has 2 aliphatic heterocycles. The van der Waals surface area contributed by atoms with Crippen molar-refractivity contribution in [3.05, 3.63) is 34.9 Å². The SMILES string of the molecule is C[C@H]1CO[C@H](c2ccccc2Cl)CN1CCN1CCCC1=O. The molecule has 2 fully saturated rings. The fourth-order valence-corrected chi connectivity index (χ4v) is 3.49. The quantitative estimate of drug-likeness (QED) is 0.854. The van der Waals surface area contributed by atoms with Crippen LogP contribution in [-0.4, -0.2) is 54.5 Å². The maximum absolute atomic E-state index is 11.7. The number of carbonyl (C=O) groups is 1. The number of halogens is 1. The average molecular weight is 323 g/mol. The van der Waals surface area contributed by atoms with E-state index in [9.17, 15) is 4.79 Å². The van der Waals surface area contributed by atoms with E-state index in [-0.39, 0.29) is 6.10 Å². The van der Waals surface area contributed by atoms with E-state index in [2.05, 4.69) is 11.8 Å². The first-order valence-corrected chi connectivity index (χ1v) is 8.41. The van der Waals surface area contributed by atoms with Crippen LogP contribution in [0, 0.1) is 0 Å². The normalized spacial score (nSPS) is 26.6. The van der Waals surface area contributed by atoms with Crippen molar-refractivity contribution in [1.29, 1.82) is 0 Å². The Labute approximate surface area is 137 Å². The van der Waals surface area contributed by atoms with Gasteiger partial charge in [0.1, 0.15) is 0 Å². The Kier molecular flexibility index (Phi) is 5.01. The standard InChI is InChI=1S/C17H23ClN2O2/c1-13-12-22-16(14-5-2-3-6-15(14)18)11-20(13)10-9-19-8-4-7-17(19)21/h2-3,5-6,13,16H,4,7-12H2,1H3/t13-,16-/m0/s1. The second-order valence-corrected chi connectivity index (χ2v) is 6.58. The molecule has 0 unspecified atom stereocenters. The molecule has 1 aromatic rings. The minimum atomic E-state index is 0.0131. The number of hydrogen-bond acceptors (Lipinski definition) is 3. The van der Waals surface area contributed by atoms with Crippen molar-refractivity contribution in [3.8, 4) is 0 Å². The number of ether oxygens (including phenoxy) is 1. The van der Waals surface area contributed by atoms with Crippen LogP contribution in [0.5, 0.6) is 0 Å². The average Bonchev–Trinajstić information content (AvgIpc) is 2.92. The monoisotopic (exact) mass is 322 g/mol. The highest BCUT2D eigenvalue weighted by Gasteiger charge is 2.29. The topological polar surface area (TPSA) is 32.8 Å². The Balaban J connectivity index is 1.61. The van der Waals surface area contributed by atoms with Crippen molar-refractivity contribution < 1.29 is 9.53 Å². The Morgan fingerprint density at radius 2 is 2.14 bits per heavy atom. The lowest BCUT2D eigenvalue weighted by atomic mass is 10.1. The van der Waals surface area contributed by atoms with Crippen LogP contribution >= 0.6 is 11.6 Å². The van der Waals surface area contributed by atoms with E-state index in [4.69, 9.17) is 16.3 Å². The summed E-state index contributed by atoms with van der Waals surface area (Å²) in [6, 6.07) is 8.25. The highest BCUT2D eigenvalue weighted by atomic mass is 35.5. The summed E-state index contributed by atoms with van der Waals surface area (Å²) in [6.45, 7) is 6.33. The van der Waals surface area contributed by atoms with Gasteiger partial charge in [0.15, 0.2) is 0 Å². The van der Waals surface area contributed by atoms with Gasteiger partial charge < -0.3 is 9.64 Å². The van der Waals surface area contributed by atoms with E-state index in [1.54, 1.807) is 0 Å². The summed E-state index contributed by atoms with van der Waals surface area (Å²) >= 11 is 6.29. The van der Waals surface area contributed by atoms with E-state index < -0.39 is 0 Å². The smallest absolute Gasteiger partial charge is 0.222 e. The van der Waals surface area contributed by atoms with Crippen molar-refractivity contribution in [2.24, 2.45) is 0 Å². The van der Waals surface area contributed by atoms with Crippen molar-refractivity contribution in [1.82, 2.24) is 9.80 Å². The molecule has 0 aliphatic carbocycles. The maximum atomic E-state index is 11.7. The number of likely N-dealkylation sites (tertiary alicyclic amines) is 1. The van der Waals surface area contributed by atoms with Crippen LogP contribution in [0.15, 0.2) is 24.3 Å². The third-order valence-corrected chi connectivity index (χ3v) is 4.99. The largest absolute Gasteiger partial charge is 0.371 e. The number of nitrogens with zero attached hydrogens (tertiary/aromatic N) is 2. The molecule has 120 valence electrons. The minimum absolute atomic E-state index is 0.0131. The molecule has 0 aromatic heterocycles. The van der Waals surface area contributed by atoms with Gasteiger partial charge in [-0.3, -0.25) is 9.69 Å². The summed E-state index contributed by atoms with van der Waals surface area (Å²) in [6.07, 6.45) is 1.72. The number of amides is 1. The lowest BCUT2D eigenvalue weighted by molar-refractivity contribution is -0.128. The zero-order chi connectivity index (χ0) is 15.5. The molecular weight excluding hydrogens is 300 g/mol. The second kappa shape index (κ2) is 6.99. The van der Waals surface area contributed by atoms with Crippen LogP contribution < -0.4 is 0 Å². The molecule has 1 amide bonds. The van der Waals surface area contributed by atoms with Crippen LogP contribution in [-0.2, 0) is 9.53 Å². The van der Waals surface area contributed by atoms with Gasteiger partial charge in [0, 0.05) is 49.2 Å². The first kappa shape index (κ1) is 15.8. The first-order chi connectivity index (χ1) is 10.6. The fourth-order valence-electron chi connectivity index (χ4n) is 3.23. The number of benzene rings is 1. The first-order valence-electron chi connectivity index (χ1n) is 8.03. The zero-order valence-corrected chi connectivity index (χ0v) is 13.8. The van der Waals surface area contributed by atoms with E-state index in [1.165, 1.54) is 0 Å². The molecule has 2 atom stereocenters. The Morgan fingerprint density at radius 1 is 1.32 bits per heavy atom. The molecule has 2 saturated heterocycles. The summed E-state index contributed by atoms with van der Waals surface area (Å²) in [5, 5.41) is 0.761. The highest BCUT2D eigenvalue weighted by molar-refractivity contribution is 6.31. The van der Waals surface area contributed by atoms with Crippen LogP contribution in [0.2, 0.25) is 5.02 Å². The van der Waals surface area contributed by atoms with Gasteiger partial charge in [-0.2, -0.15) is 0 Å². The third-order valence-electron chi connectivity index (χ3n) is 4.64. The molecular formula is C17H23ClN2O2. The predicted molar refractivity (Wildman–Crippen MR) is 87.0 cm³/mol. The van der Waals surface area contributed by atoms with Gasteiger partial charge in [-0.25, -0.2) is 0 Å². The van der Waals surface area contributed by atoms with Crippen LogP contribution in [0.25, 0.3) is 0 Å². The van der Waals surface area contributed by atoms with Gasteiger partial charge in [0.2, 0.25) is 5.91 Å². The second-order valence-electron chi connectivity index (χ2n) is 6.17. The molecule has 0 N–H and O–H groups in total. The Hall–Kier alpha value is -1.10. The van der Waals surface area contributed by atoms with Crippen molar-refractivity contribution in [3.63, 3.8) is 0 Å². The summed E-state index contributed by atoms with van der Waals surface area (Å²) in [5.41, 5.74) is 1.05. The van der Waals surface area contributed by atoms with Crippen LogP contribution in [0.4, 0.5) is 0 Å². The molecule has 0 saturated carbocycles. The Morgan fingerprint density at radius 3 is 2.86 bits per heavy atom. The molecule has 2 aliphatic rings. The lowest BCUT2D eigenvalue weighted by Gasteiger charge is -2.39. The summed E-state index contributed by atoms with van der Waals surface area (Å²) in [5.74, 6) is 0.295. The van der Waals surface area contributed by atoms with E-state index in [0.717, 1.165) is 43.2 Å². The summed E-state index contributed by atoms with van der Waals surface area (Å²) < 4.78 is 5.97. The van der Waals surface area contributed by atoms with Gasteiger partial charge in [0.25, 0.3) is 0 Å². The molecule has 0 radical (unpaired) electrons. The predicted octanol–water partition coefficient (Wildman–Crippen LogP) is 2.72. The zero-order valence-electron chi connectivity index (χ0n) is 13.0. The molecule has 3 rings (SSSR count). The Bertz CT molecular complexity index is 537. The van der Waals surface area contributed by atoms with Gasteiger partial charge in [-0.05, 0) is 19.4 Å². The van der Waals surface area contributed by atoms with E-state index in [0.29, 0.717) is 25.0 Å². The number of carbonyl (C=O) groups excluding carboxylic acids is 1. The molecule has 5 heteroatoms.